The van der Waals surface area contributed by atoms with Gasteiger partial charge in [-0.1, -0.05) is 37.3 Å². The first kappa shape index (κ1) is 15.4. The SMILES string of the molecule is CCc1ccccc1NC(=O)C=Cc1ccccc1[N+](=O)[O-]. The minimum Gasteiger partial charge on any atom is -0.322 e. The standard InChI is InChI=1S/C17H16N2O3/c1-2-13-7-3-5-9-15(13)18-17(20)12-11-14-8-4-6-10-16(14)19(21)22/h3-12H,2H2,1H3,(H,18,20). The third-order valence-electron chi connectivity index (χ3n) is 3.20. The van der Waals surface area contributed by atoms with Crippen molar-refractivity contribution in [3.63, 3.8) is 0 Å². The van der Waals surface area contributed by atoms with Gasteiger partial charge < -0.3 is 5.32 Å². The van der Waals surface area contributed by atoms with Gasteiger partial charge in [-0.25, -0.2) is 0 Å². The molecule has 0 unspecified atom stereocenters. The Hall–Kier alpha value is -2.95. The fourth-order valence-electron chi connectivity index (χ4n) is 2.09. The van der Waals surface area contributed by atoms with Gasteiger partial charge in [0.1, 0.15) is 0 Å². The molecular weight excluding hydrogens is 280 g/mol. The van der Waals surface area contributed by atoms with Crippen molar-refractivity contribution >= 4 is 23.4 Å². The van der Waals surface area contributed by atoms with Crippen molar-refractivity contribution in [3.05, 3.63) is 75.8 Å². The smallest absolute Gasteiger partial charge is 0.276 e. The van der Waals surface area contributed by atoms with E-state index in [0.717, 1.165) is 17.7 Å². The molecule has 2 rings (SSSR count). The number of hydrogen-bond donors (Lipinski definition) is 1. The Bertz CT molecular complexity index is 723. The highest BCUT2D eigenvalue weighted by molar-refractivity contribution is 6.02. The molecule has 0 saturated heterocycles. The predicted molar refractivity (Wildman–Crippen MR) is 86.6 cm³/mol. The summed E-state index contributed by atoms with van der Waals surface area (Å²) >= 11 is 0. The first-order valence-corrected chi connectivity index (χ1v) is 6.92. The molecule has 112 valence electrons. The summed E-state index contributed by atoms with van der Waals surface area (Å²) in [5.41, 5.74) is 2.16. The largest absolute Gasteiger partial charge is 0.322 e. The lowest BCUT2D eigenvalue weighted by atomic mass is 10.1. The maximum absolute atomic E-state index is 12.0. The second-order valence-corrected chi connectivity index (χ2v) is 4.65. The van der Waals surface area contributed by atoms with E-state index in [0.29, 0.717) is 5.56 Å². The fraction of sp³-hybridized carbons (Fsp3) is 0.118. The van der Waals surface area contributed by atoms with Gasteiger partial charge in [-0.3, -0.25) is 14.9 Å². The highest BCUT2D eigenvalue weighted by atomic mass is 16.6. The van der Waals surface area contributed by atoms with Crippen molar-refractivity contribution in [1.29, 1.82) is 0 Å². The Labute approximate surface area is 128 Å². The van der Waals surface area contributed by atoms with Crippen molar-refractivity contribution in [2.24, 2.45) is 0 Å². The van der Waals surface area contributed by atoms with Gasteiger partial charge in [0.05, 0.1) is 10.5 Å². The molecule has 5 heteroatoms. The normalized spacial score (nSPS) is 10.6. The molecule has 0 spiro atoms. The summed E-state index contributed by atoms with van der Waals surface area (Å²) in [6, 6.07) is 13.8. The average Bonchev–Trinajstić information content (AvgIpc) is 2.53. The lowest BCUT2D eigenvalue weighted by Gasteiger charge is -2.07. The maximum Gasteiger partial charge on any atom is 0.276 e. The summed E-state index contributed by atoms with van der Waals surface area (Å²) in [6.07, 6.45) is 3.56. The highest BCUT2D eigenvalue weighted by Gasteiger charge is 2.10. The second kappa shape index (κ2) is 7.17. The molecule has 2 aromatic rings. The quantitative estimate of drug-likeness (QED) is 0.518. The fourth-order valence-corrected chi connectivity index (χ4v) is 2.09. The number of nitro benzene ring substituents is 1. The molecule has 1 N–H and O–H groups in total. The summed E-state index contributed by atoms with van der Waals surface area (Å²) in [5.74, 6) is -0.320. The first-order chi connectivity index (χ1) is 10.6. The van der Waals surface area contributed by atoms with Crippen molar-refractivity contribution < 1.29 is 9.72 Å². The zero-order valence-corrected chi connectivity index (χ0v) is 12.2. The predicted octanol–water partition coefficient (Wildman–Crippen LogP) is 3.81. The molecule has 0 aliphatic carbocycles. The summed E-state index contributed by atoms with van der Waals surface area (Å²) in [6.45, 7) is 2.01. The van der Waals surface area contributed by atoms with E-state index >= 15 is 0 Å². The van der Waals surface area contributed by atoms with Crippen molar-refractivity contribution in [3.8, 4) is 0 Å². The second-order valence-electron chi connectivity index (χ2n) is 4.65. The van der Waals surface area contributed by atoms with Crippen LogP contribution in [0, 0.1) is 10.1 Å². The Balaban J connectivity index is 2.14. The molecule has 0 heterocycles. The van der Waals surface area contributed by atoms with Gasteiger partial charge in [-0.15, -0.1) is 0 Å². The van der Waals surface area contributed by atoms with Gasteiger partial charge in [0, 0.05) is 17.8 Å². The lowest BCUT2D eigenvalue weighted by molar-refractivity contribution is -0.385. The Kier molecular flexibility index (Phi) is 5.03. The summed E-state index contributed by atoms with van der Waals surface area (Å²) in [5, 5.41) is 13.7. The van der Waals surface area contributed by atoms with Gasteiger partial charge in [0.15, 0.2) is 0 Å². The molecule has 0 aliphatic rings. The number of carbonyl (C=O) groups excluding carboxylic acids is 1. The van der Waals surface area contributed by atoms with Crippen LogP contribution in [0.3, 0.4) is 0 Å². The van der Waals surface area contributed by atoms with E-state index in [1.165, 1.54) is 18.2 Å². The van der Waals surface area contributed by atoms with E-state index in [-0.39, 0.29) is 11.6 Å². The molecule has 0 radical (unpaired) electrons. The van der Waals surface area contributed by atoms with Crippen LogP contribution in [0.15, 0.2) is 54.6 Å². The molecule has 1 amide bonds. The zero-order chi connectivity index (χ0) is 15.9. The number of benzene rings is 2. The molecule has 0 bridgehead atoms. The van der Waals surface area contributed by atoms with Crippen LogP contribution in [0.5, 0.6) is 0 Å². The number of para-hydroxylation sites is 2. The molecule has 0 aromatic heterocycles. The van der Waals surface area contributed by atoms with Crippen molar-refractivity contribution in [2.75, 3.05) is 5.32 Å². The van der Waals surface area contributed by atoms with Crippen molar-refractivity contribution in [2.45, 2.75) is 13.3 Å². The monoisotopic (exact) mass is 296 g/mol. The Morgan fingerprint density at radius 1 is 1.18 bits per heavy atom. The molecule has 5 nitrogen and oxygen atoms in total. The first-order valence-electron chi connectivity index (χ1n) is 6.92. The summed E-state index contributed by atoms with van der Waals surface area (Å²) < 4.78 is 0. The molecule has 0 fully saturated rings. The number of amides is 1. The van der Waals surface area contributed by atoms with E-state index in [1.807, 2.05) is 31.2 Å². The Morgan fingerprint density at radius 2 is 1.86 bits per heavy atom. The van der Waals surface area contributed by atoms with Crippen LogP contribution >= 0.6 is 0 Å². The van der Waals surface area contributed by atoms with E-state index in [9.17, 15) is 14.9 Å². The molecule has 0 atom stereocenters. The number of hydrogen-bond acceptors (Lipinski definition) is 3. The number of rotatable bonds is 5. The van der Waals surface area contributed by atoms with Crippen LogP contribution in [0.2, 0.25) is 0 Å². The summed E-state index contributed by atoms with van der Waals surface area (Å²) in [4.78, 5) is 22.4. The number of anilines is 1. The van der Waals surface area contributed by atoms with Gasteiger partial charge in [0.25, 0.3) is 5.69 Å². The van der Waals surface area contributed by atoms with Gasteiger partial charge >= 0.3 is 0 Å². The number of nitro groups is 1. The third kappa shape index (κ3) is 3.79. The number of nitrogens with zero attached hydrogens (tertiary/aromatic N) is 1. The van der Waals surface area contributed by atoms with E-state index in [2.05, 4.69) is 5.32 Å². The van der Waals surface area contributed by atoms with Crippen LogP contribution in [0.1, 0.15) is 18.1 Å². The van der Waals surface area contributed by atoms with Crippen LogP contribution in [0.25, 0.3) is 6.08 Å². The number of nitrogens with one attached hydrogen (secondary N) is 1. The van der Waals surface area contributed by atoms with Crippen LogP contribution in [0.4, 0.5) is 11.4 Å². The molecular formula is C17H16N2O3. The van der Waals surface area contributed by atoms with E-state index in [4.69, 9.17) is 0 Å². The topological polar surface area (TPSA) is 72.2 Å². The van der Waals surface area contributed by atoms with E-state index in [1.54, 1.807) is 18.2 Å². The lowest BCUT2D eigenvalue weighted by Crippen LogP contribution is -2.09. The molecule has 0 saturated carbocycles. The Morgan fingerprint density at radius 3 is 2.59 bits per heavy atom. The zero-order valence-electron chi connectivity index (χ0n) is 12.2. The number of aryl methyl sites for hydroxylation is 1. The molecule has 22 heavy (non-hydrogen) atoms. The van der Waals surface area contributed by atoms with Gasteiger partial charge in [0.2, 0.25) is 5.91 Å². The van der Waals surface area contributed by atoms with Crippen LogP contribution < -0.4 is 5.32 Å². The number of carbonyl (C=O) groups is 1. The molecule has 2 aromatic carbocycles. The van der Waals surface area contributed by atoms with Crippen molar-refractivity contribution in [1.82, 2.24) is 0 Å². The van der Waals surface area contributed by atoms with Gasteiger partial charge in [-0.2, -0.15) is 0 Å². The third-order valence-corrected chi connectivity index (χ3v) is 3.20. The maximum atomic E-state index is 12.0. The highest BCUT2D eigenvalue weighted by Crippen LogP contribution is 2.19. The molecule has 0 aliphatic heterocycles. The minimum absolute atomic E-state index is 0.0273. The minimum atomic E-state index is -0.468. The van der Waals surface area contributed by atoms with E-state index < -0.39 is 4.92 Å². The van der Waals surface area contributed by atoms with Crippen LogP contribution in [-0.4, -0.2) is 10.8 Å². The van der Waals surface area contributed by atoms with Gasteiger partial charge in [-0.05, 0) is 30.2 Å². The average molecular weight is 296 g/mol. The van der Waals surface area contributed by atoms with Crippen LogP contribution in [-0.2, 0) is 11.2 Å². The summed E-state index contributed by atoms with van der Waals surface area (Å²) in [7, 11) is 0.